The van der Waals surface area contributed by atoms with Crippen molar-refractivity contribution in [1.29, 1.82) is 0 Å². The van der Waals surface area contributed by atoms with Gasteiger partial charge in [-0.15, -0.1) is 12.4 Å². The number of nitrogens with zero attached hydrogens (tertiary/aromatic N) is 1. The highest BCUT2D eigenvalue weighted by atomic mass is 35.5. The van der Waals surface area contributed by atoms with E-state index in [9.17, 15) is 4.79 Å². The van der Waals surface area contributed by atoms with Gasteiger partial charge in [0.2, 0.25) is 5.91 Å². The Bertz CT molecular complexity index is 399. The third-order valence-electron chi connectivity index (χ3n) is 2.93. The molecule has 0 saturated carbocycles. The zero-order chi connectivity index (χ0) is 13.5. The molecule has 1 atom stereocenters. The van der Waals surface area contributed by atoms with Gasteiger partial charge < -0.3 is 10.6 Å². The molecule has 0 fully saturated rings. The van der Waals surface area contributed by atoms with Crippen molar-refractivity contribution in [3.8, 4) is 0 Å². The molecule has 0 aliphatic rings. The first-order valence-corrected chi connectivity index (χ1v) is 6.75. The Morgan fingerprint density at radius 2 is 2.00 bits per heavy atom. The monoisotopic (exact) mass is 304 g/mol. The van der Waals surface area contributed by atoms with Crippen LogP contribution in [0.4, 0.5) is 0 Å². The van der Waals surface area contributed by atoms with Gasteiger partial charge in [0, 0.05) is 18.1 Å². The van der Waals surface area contributed by atoms with E-state index in [0.29, 0.717) is 18.1 Å². The van der Waals surface area contributed by atoms with Gasteiger partial charge in [0.05, 0.1) is 6.04 Å². The van der Waals surface area contributed by atoms with Gasteiger partial charge in [0.15, 0.2) is 0 Å². The topological polar surface area (TPSA) is 46.3 Å². The molecule has 1 unspecified atom stereocenters. The summed E-state index contributed by atoms with van der Waals surface area (Å²) in [5, 5.41) is 0.688. The maximum absolute atomic E-state index is 12.1. The van der Waals surface area contributed by atoms with E-state index in [4.69, 9.17) is 17.3 Å². The van der Waals surface area contributed by atoms with Gasteiger partial charge in [-0.3, -0.25) is 4.79 Å². The minimum Gasteiger partial charge on any atom is -0.337 e. The normalized spacial score (nSPS) is 11.6. The summed E-state index contributed by atoms with van der Waals surface area (Å²) < 4.78 is 0. The second-order valence-corrected chi connectivity index (χ2v) is 4.75. The molecule has 1 aromatic rings. The Labute approximate surface area is 126 Å². The molecule has 0 heterocycles. The summed E-state index contributed by atoms with van der Waals surface area (Å²) in [6, 6.07) is 7.17. The van der Waals surface area contributed by atoms with Crippen molar-refractivity contribution in [2.45, 2.75) is 39.3 Å². The molecular weight excluding hydrogens is 283 g/mol. The fraction of sp³-hybridized carbons (Fsp3) is 0.500. The predicted octanol–water partition coefficient (Wildman–Crippen LogP) is 3.24. The molecule has 1 aromatic carbocycles. The molecule has 0 bridgehead atoms. The minimum absolute atomic E-state index is 0. The number of hydrogen-bond donors (Lipinski definition) is 1. The number of hydrogen-bond acceptors (Lipinski definition) is 2. The van der Waals surface area contributed by atoms with E-state index < -0.39 is 6.04 Å². The average Bonchev–Trinajstić information content (AvgIpc) is 2.37. The average molecular weight is 305 g/mol. The summed E-state index contributed by atoms with van der Waals surface area (Å²) in [4.78, 5) is 13.9. The highest BCUT2D eigenvalue weighted by molar-refractivity contribution is 6.31. The number of nitrogens with two attached hydrogens (primary N) is 1. The lowest BCUT2D eigenvalue weighted by Gasteiger charge is -2.24. The van der Waals surface area contributed by atoms with Crippen LogP contribution in [0.1, 0.15) is 32.3 Å². The maximum Gasteiger partial charge on any atom is 0.239 e. The van der Waals surface area contributed by atoms with Gasteiger partial charge in [-0.1, -0.05) is 43.1 Å². The summed E-state index contributed by atoms with van der Waals surface area (Å²) in [7, 11) is 0. The molecule has 0 spiro atoms. The molecule has 108 valence electrons. The van der Waals surface area contributed by atoms with Crippen LogP contribution in [0.15, 0.2) is 24.3 Å². The molecule has 1 amide bonds. The summed E-state index contributed by atoms with van der Waals surface area (Å²) in [5.74, 6) is -0.000676. The molecule has 5 heteroatoms. The Kier molecular flexibility index (Phi) is 8.81. The standard InChI is InChI=1S/C14H21ClN2O.ClH/c1-3-7-13(16)14(18)17(4-2)10-11-8-5-6-9-12(11)15;/h5-6,8-9,13H,3-4,7,10,16H2,1-2H3;1H. The van der Waals surface area contributed by atoms with Gasteiger partial charge in [-0.05, 0) is 25.0 Å². The van der Waals surface area contributed by atoms with Crippen LogP contribution in [-0.4, -0.2) is 23.4 Å². The Morgan fingerprint density at radius 1 is 1.37 bits per heavy atom. The first kappa shape index (κ1) is 18.2. The molecule has 3 nitrogen and oxygen atoms in total. The zero-order valence-electron chi connectivity index (χ0n) is 11.4. The van der Waals surface area contributed by atoms with E-state index in [1.165, 1.54) is 0 Å². The van der Waals surface area contributed by atoms with E-state index in [0.717, 1.165) is 18.4 Å². The van der Waals surface area contributed by atoms with Crippen LogP contribution in [-0.2, 0) is 11.3 Å². The van der Waals surface area contributed by atoms with Crippen molar-refractivity contribution >= 4 is 29.9 Å². The third kappa shape index (κ3) is 5.39. The number of rotatable bonds is 6. The number of benzene rings is 1. The van der Waals surface area contributed by atoms with Gasteiger partial charge in [-0.2, -0.15) is 0 Å². The van der Waals surface area contributed by atoms with Gasteiger partial charge >= 0.3 is 0 Å². The van der Waals surface area contributed by atoms with Gasteiger partial charge in [-0.25, -0.2) is 0 Å². The number of halogens is 2. The van der Waals surface area contributed by atoms with Crippen molar-refractivity contribution in [2.75, 3.05) is 6.54 Å². The van der Waals surface area contributed by atoms with E-state index >= 15 is 0 Å². The lowest BCUT2D eigenvalue weighted by Crippen LogP contribution is -2.43. The van der Waals surface area contributed by atoms with Crippen LogP contribution in [0.3, 0.4) is 0 Å². The second kappa shape index (κ2) is 9.18. The number of likely N-dealkylation sites (N-methyl/N-ethyl adjacent to an activating group) is 1. The van der Waals surface area contributed by atoms with Crippen LogP contribution >= 0.6 is 24.0 Å². The quantitative estimate of drug-likeness (QED) is 0.877. The van der Waals surface area contributed by atoms with Crippen LogP contribution in [0, 0.1) is 0 Å². The Morgan fingerprint density at radius 3 is 2.53 bits per heavy atom. The van der Waals surface area contributed by atoms with E-state index in [-0.39, 0.29) is 18.3 Å². The second-order valence-electron chi connectivity index (χ2n) is 4.34. The predicted molar refractivity (Wildman–Crippen MR) is 82.7 cm³/mol. The van der Waals surface area contributed by atoms with Crippen molar-refractivity contribution in [1.82, 2.24) is 4.90 Å². The summed E-state index contributed by atoms with van der Waals surface area (Å²) in [5.41, 5.74) is 6.83. The number of carbonyl (C=O) groups excluding carboxylic acids is 1. The van der Waals surface area contributed by atoms with E-state index in [1.807, 2.05) is 38.1 Å². The molecule has 0 aromatic heterocycles. The molecule has 19 heavy (non-hydrogen) atoms. The molecule has 0 aliphatic heterocycles. The number of carbonyl (C=O) groups is 1. The highest BCUT2D eigenvalue weighted by Gasteiger charge is 2.19. The zero-order valence-corrected chi connectivity index (χ0v) is 13.0. The van der Waals surface area contributed by atoms with Crippen molar-refractivity contribution in [3.63, 3.8) is 0 Å². The lowest BCUT2D eigenvalue weighted by molar-refractivity contribution is -0.133. The maximum atomic E-state index is 12.1. The summed E-state index contributed by atoms with van der Waals surface area (Å²) in [6.45, 7) is 5.14. The van der Waals surface area contributed by atoms with Crippen molar-refractivity contribution < 1.29 is 4.79 Å². The fourth-order valence-electron chi connectivity index (χ4n) is 1.85. The lowest BCUT2D eigenvalue weighted by atomic mass is 10.1. The molecule has 0 aliphatic carbocycles. The third-order valence-corrected chi connectivity index (χ3v) is 3.30. The van der Waals surface area contributed by atoms with Crippen LogP contribution in [0.25, 0.3) is 0 Å². The van der Waals surface area contributed by atoms with E-state index in [1.54, 1.807) is 4.90 Å². The largest absolute Gasteiger partial charge is 0.337 e. The van der Waals surface area contributed by atoms with Gasteiger partial charge in [0.25, 0.3) is 0 Å². The highest BCUT2D eigenvalue weighted by Crippen LogP contribution is 2.17. The van der Waals surface area contributed by atoms with Crippen LogP contribution in [0.5, 0.6) is 0 Å². The van der Waals surface area contributed by atoms with Crippen LogP contribution < -0.4 is 5.73 Å². The Hall–Kier alpha value is -0.770. The molecule has 1 rings (SSSR count). The molecule has 0 saturated heterocycles. The number of amides is 1. The SMILES string of the molecule is CCCC(N)C(=O)N(CC)Cc1ccccc1Cl.Cl. The van der Waals surface area contributed by atoms with E-state index in [2.05, 4.69) is 0 Å². The van der Waals surface area contributed by atoms with Crippen molar-refractivity contribution in [3.05, 3.63) is 34.9 Å². The molecule has 2 N–H and O–H groups in total. The Balaban J connectivity index is 0.00000324. The summed E-state index contributed by atoms with van der Waals surface area (Å²) >= 11 is 6.10. The van der Waals surface area contributed by atoms with Crippen LogP contribution in [0.2, 0.25) is 5.02 Å². The smallest absolute Gasteiger partial charge is 0.239 e. The summed E-state index contributed by atoms with van der Waals surface area (Å²) in [6.07, 6.45) is 1.63. The van der Waals surface area contributed by atoms with Gasteiger partial charge in [0.1, 0.15) is 0 Å². The minimum atomic E-state index is -0.405. The fourth-order valence-corrected chi connectivity index (χ4v) is 2.04. The first-order valence-electron chi connectivity index (χ1n) is 6.37. The molecule has 0 radical (unpaired) electrons. The molecular formula is C14H22Cl2N2O. The van der Waals surface area contributed by atoms with Crippen molar-refractivity contribution in [2.24, 2.45) is 5.73 Å². The first-order chi connectivity index (χ1) is 8.60.